The molecule has 1 heterocycles. The summed E-state index contributed by atoms with van der Waals surface area (Å²) in [6.07, 6.45) is 0.182. The van der Waals surface area contributed by atoms with Crippen LogP contribution in [-0.2, 0) is 10.2 Å². The van der Waals surface area contributed by atoms with E-state index in [-0.39, 0.29) is 11.5 Å². The zero-order valence-electron chi connectivity index (χ0n) is 12.5. The minimum absolute atomic E-state index is 0.182. The van der Waals surface area contributed by atoms with Gasteiger partial charge in [0.1, 0.15) is 18.5 Å². The first-order valence-electron chi connectivity index (χ1n) is 6.98. The number of rotatable bonds is 3. The fourth-order valence-corrected chi connectivity index (χ4v) is 2.21. The third kappa shape index (κ3) is 4.22. The van der Waals surface area contributed by atoms with Gasteiger partial charge in [-0.1, -0.05) is 32.9 Å². The van der Waals surface area contributed by atoms with Gasteiger partial charge in [-0.15, -0.1) is 0 Å². The molecule has 1 aromatic rings. The van der Waals surface area contributed by atoms with Crippen LogP contribution in [0.25, 0.3) is 0 Å². The van der Waals surface area contributed by atoms with Gasteiger partial charge in [-0.25, -0.2) is 0 Å². The van der Waals surface area contributed by atoms with E-state index >= 15 is 0 Å². The van der Waals surface area contributed by atoms with Crippen LogP contribution in [0.1, 0.15) is 26.3 Å². The van der Waals surface area contributed by atoms with E-state index in [1.165, 1.54) is 5.56 Å². The summed E-state index contributed by atoms with van der Waals surface area (Å²) in [6.45, 7) is 10.0. The highest BCUT2D eigenvalue weighted by Gasteiger charge is 2.18. The molecule has 1 saturated heterocycles. The minimum Gasteiger partial charge on any atom is -0.491 e. The maximum Gasteiger partial charge on any atom is 0.119 e. The van der Waals surface area contributed by atoms with Crippen molar-refractivity contribution in [3.63, 3.8) is 0 Å². The summed E-state index contributed by atoms with van der Waals surface area (Å²) in [7, 11) is 2.12. The van der Waals surface area contributed by atoms with Gasteiger partial charge in [0, 0.05) is 13.1 Å². The molecule has 19 heavy (non-hydrogen) atoms. The topological polar surface area (TPSA) is 21.7 Å². The molecule has 3 nitrogen and oxygen atoms in total. The third-order valence-electron chi connectivity index (χ3n) is 3.50. The molecule has 0 radical (unpaired) electrons. The van der Waals surface area contributed by atoms with Crippen molar-refractivity contribution in [3.8, 4) is 5.75 Å². The van der Waals surface area contributed by atoms with E-state index in [2.05, 4.69) is 44.9 Å². The Morgan fingerprint density at radius 1 is 1.26 bits per heavy atom. The first-order valence-corrected chi connectivity index (χ1v) is 6.98. The second-order valence-corrected chi connectivity index (χ2v) is 6.34. The lowest BCUT2D eigenvalue weighted by Crippen LogP contribution is -2.42. The molecule has 1 aromatic carbocycles. The summed E-state index contributed by atoms with van der Waals surface area (Å²) in [6, 6.07) is 8.38. The second-order valence-electron chi connectivity index (χ2n) is 6.34. The van der Waals surface area contributed by atoms with Crippen molar-refractivity contribution in [2.45, 2.75) is 32.3 Å². The Bertz CT molecular complexity index is 394. The predicted octanol–water partition coefficient (Wildman–Crippen LogP) is 2.69. The van der Waals surface area contributed by atoms with E-state index in [4.69, 9.17) is 9.47 Å². The van der Waals surface area contributed by atoms with Gasteiger partial charge in [-0.2, -0.15) is 0 Å². The van der Waals surface area contributed by atoms with E-state index in [1.807, 2.05) is 12.1 Å². The summed E-state index contributed by atoms with van der Waals surface area (Å²) in [5.74, 6) is 0.921. The van der Waals surface area contributed by atoms with Crippen molar-refractivity contribution in [3.05, 3.63) is 29.8 Å². The quantitative estimate of drug-likeness (QED) is 0.837. The molecule has 3 heteroatoms. The van der Waals surface area contributed by atoms with Gasteiger partial charge < -0.3 is 14.4 Å². The van der Waals surface area contributed by atoms with Crippen LogP contribution in [0.2, 0.25) is 0 Å². The molecule has 2 rings (SSSR count). The molecule has 0 aromatic heterocycles. The van der Waals surface area contributed by atoms with Crippen LogP contribution in [0.4, 0.5) is 0 Å². The van der Waals surface area contributed by atoms with E-state index in [0.717, 1.165) is 25.4 Å². The SMILES string of the molecule is CN1CCOC(COc2ccc(C(C)(C)C)cc2)C1. The standard InChI is InChI=1S/C16H25NO2/c1-16(2,3)13-5-7-14(8-6-13)19-12-15-11-17(4)9-10-18-15/h5-8,15H,9-12H2,1-4H3. The fraction of sp³-hybridized carbons (Fsp3) is 0.625. The largest absolute Gasteiger partial charge is 0.491 e. The van der Waals surface area contributed by atoms with Gasteiger partial charge in [-0.3, -0.25) is 0 Å². The molecular formula is C16H25NO2. The summed E-state index contributed by atoms with van der Waals surface area (Å²) in [5.41, 5.74) is 1.52. The summed E-state index contributed by atoms with van der Waals surface area (Å²) in [5, 5.41) is 0. The minimum atomic E-state index is 0.182. The average molecular weight is 263 g/mol. The highest BCUT2D eigenvalue weighted by Crippen LogP contribution is 2.24. The molecule has 106 valence electrons. The monoisotopic (exact) mass is 263 g/mol. The number of nitrogens with zero attached hydrogens (tertiary/aromatic N) is 1. The number of hydrogen-bond donors (Lipinski definition) is 0. The highest BCUT2D eigenvalue weighted by atomic mass is 16.5. The van der Waals surface area contributed by atoms with Gasteiger partial charge >= 0.3 is 0 Å². The third-order valence-corrected chi connectivity index (χ3v) is 3.50. The second kappa shape index (κ2) is 5.93. The van der Waals surface area contributed by atoms with Crippen LogP contribution in [0.15, 0.2) is 24.3 Å². The van der Waals surface area contributed by atoms with E-state index in [9.17, 15) is 0 Å². The lowest BCUT2D eigenvalue weighted by Gasteiger charge is -2.29. The maximum atomic E-state index is 5.81. The molecule has 0 spiro atoms. The summed E-state index contributed by atoms with van der Waals surface area (Å²) >= 11 is 0. The van der Waals surface area contributed by atoms with Crippen molar-refractivity contribution in [1.82, 2.24) is 4.90 Å². The predicted molar refractivity (Wildman–Crippen MR) is 77.9 cm³/mol. The zero-order chi connectivity index (χ0) is 13.9. The smallest absolute Gasteiger partial charge is 0.119 e. The molecule has 1 fully saturated rings. The van der Waals surface area contributed by atoms with Crippen molar-refractivity contribution in [2.75, 3.05) is 33.4 Å². The van der Waals surface area contributed by atoms with Gasteiger partial charge in [0.05, 0.1) is 6.61 Å². The molecule has 1 aliphatic rings. The Labute approximate surface area is 116 Å². The Morgan fingerprint density at radius 2 is 1.95 bits per heavy atom. The molecule has 1 aliphatic heterocycles. The van der Waals surface area contributed by atoms with E-state index in [0.29, 0.717) is 6.61 Å². The molecule has 0 saturated carbocycles. The first kappa shape index (κ1) is 14.4. The average Bonchev–Trinajstić information content (AvgIpc) is 2.36. The Balaban J connectivity index is 1.86. The van der Waals surface area contributed by atoms with Gasteiger partial charge in [-0.05, 0) is 30.2 Å². The Hall–Kier alpha value is -1.06. The normalized spacial score (nSPS) is 21.4. The fourth-order valence-electron chi connectivity index (χ4n) is 2.21. The van der Waals surface area contributed by atoms with Crippen molar-refractivity contribution < 1.29 is 9.47 Å². The van der Waals surface area contributed by atoms with Crippen LogP contribution in [0.5, 0.6) is 5.75 Å². The van der Waals surface area contributed by atoms with Crippen LogP contribution >= 0.6 is 0 Å². The summed E-state index contributed by atoms with van der Waals surface area (Å²) in [4.78, 5) is 2.28. The maximum absolute atomic E-state index is 5.81. The number of benzene rings is 1. The van der Waals surface area contributed by atoms with E-state index < -0.39 is 0 Å². The zero-order valence-corrected chi connectivity index (χ0v) is 12.5. The van der Waals surface area contributed by atoms with Gasteiger partial charge in [0.15, 0.2) is 0 Å². The molecule has 1 unspecified atom stereocenters. The number of ether oxygens (including phenoxy) is 2. The van der Waals surface area contributed by atoms with E-state index in [1.54, 1.807) is 0 Å². The first-order chi connectivity index (χ1) is 8.95. The van der Waals surface area contributed by atoms with Gasteiger partial charge in [0.2, 0.25) is 0 Å². The lowest BCUT2D eigenvalue weighted by atomic mass is 9.87. The number of morpholine rings is 1. The molecular weight excluding hydrogens is 238 g/mol. The molecule has 0 N–H and O–H groups in total. The Morgan fingerprint density at radius 3 is 2.53 bits per heavy atom. The van der Waals surface area contributed by atoms with Crippen molar-refractivity contribution >= 4 is 0 Å². The van der Waals surface area contributed by atoms with Gasteiger partial charge in [0.25, 0.3) is 0 Å². The van der Waals surface area contributed by atoms with Crippen LogP contribution in [0.3, 0.4) is 0 Å². The van der Waals surface area contributed by atoms with Crippen LogP contribution < -0.4 is 4.74 Å². The lowest BCUT2D eigenvalue weighted by molar-refractivity contribution is -0.0403. The molecule has 0 amide bonds. The summed E-state index contributed by atoms with van der Waals surface area (Å²) < 4.78 is 11.5. The van der Waals surface area contributed by atoms with Crippen molar-refractivity contribution in [1.29, 1.82) is 0 Å². The van der Waals surface area contributed by atoms with Crippen LogP contribution in [-0.4, -0.2) is 44.4 Å². The van der Waals surface area contributed by atoms with Crippen molar-refractivity contribution in [2.24, 2.45) is 0 Å². The van der Waals surface area contributed by atoms with Crippen LogP contribution in [0, 0.1) is 0 Å². The molecule has 0 bridgehead atoms. The molecule has 1 atom stereocenters. The number of hydrogen-bond acceptors (Lipinski definition) is 3. The molecule has 0 aliphatic carbocycles. The highest BCUT2D eigenvalue weighted by molar-refractivity contribution is 5.31. The number of likely N-dealkylation sites (N-methyl/N-ethyl adjacent to an activating group) is 1. The Kier molecular flexibility index (Phi) is 4.48.